The second-order valence-electron chi connectivity index (χ2n) is 5.72. The molecular weight excluding hydrogens is 380 g/mol. The van der Waals surface area contributed by atoms with Crippen molar-refractivity contribution in [3.05, 3.63) is 77.1 Å². The molecule has 0 N–H and O–H groups in total. The van der Waals surface area contributed by atoms with Crippen LogP contribution in [0.2, 0.25) is 0 Å². The van der Waals surface area contributed by atoms with E-state index in [1.165, 1.54) is 5.39 Å². The molecule has 1 heterocycles. The van der Waals surface area contributed by atoms with Crippen LogP contribution in [-0.4, -0.2) is 10.2 Å². The first kappa shape index (κ1) is 15.8. The Labute approximate surface area is 153 Å². The summed E-state index contributed by atoms with van der Waals surface area (Å²) in [5.41, 5.74) is 0.867. The van der Waals surface area contributed by atoms with Crippen LogP contribution in [0.15, 0.2) is 75.6 Å². The highest BCUT2D eigenvalue weighted by Gasteiger charge is 2.17. The average molecular weight is 395 g/mol. The third-order valence-corrected chi connectivity index (χ3v) is 4.39. The lowest BCUT2D eigenvalue weighted by Crippen LogP contribution is -2.03. The van der Waals surface area contributed by atoms with Crippen LogP contribution in [0.3, 0.4) is 0 Å². The molecule has 124 valence electrons. The molecular formula is C20H15BrN2O2. The van der Waals surface area contributed by atoms with Gasteiger partial charge in [-0.25, -0.2) is 0 Å². The van der Waals surface area contributed by atoms with Crippen LogP contribution in [0.1, 0.15) is 18.9 Å². The number of hydrogen-bond acceptors (Lipinski definition) is 4. The van der Waals surface area contributed by atoms with Crippen LogP contribution in [-0.2, 0) is 0 Å². The van der Waals surface area contributed by atoms with Gasteiger partial charge in [-0.2, -0.15) is 0 Å². The summed E-state index contributed by atoms with van der Waals surface area (Å²) in [5.74, 6) is 1.70. The van der Waals surface area contributed by atoms with Gasteiger partial charge in [0.2, 0.25) is 5.89 Å². The van der Waals surface area contributed by atoms with E-state index >= 15 is 0 Å². The molecule has 0 radical (unpaired) electrons. The van der Waals surface area contributed by atoms with Crippen molar-refractivity contribution in [1.29, 1.82) is 0 Å². The number of halogens is 1. The molecule has 0 aliphatic heterocycles. The Morgan fingerprint density at radius 2 is 1.76 bits per heavy atom. The summed E-state index contributed by atoms with van der Waals surface area (Å²) in [4.78, 5) is 0. The van der Waals surface area contributed by atoms with Gasteiger partial charge in [-0.3, -0.25) is 0 Å². The minimum Gasteiger partial charge on any atom is -0.481 e. The normalized spacial score (nSPS) is 12.2. The van der Waals surface area contributed by atoms with E-state index in [1.807, 2.05) is 61.5 Å². The van der Waals surface area contributed by atoms with Gasteiger partial charge < -0.3 is 9.15 Å². The van der Waals surface area contributed by atoms with E-state index in [9.17, 15) is 0 Å². The first-order valence-electron chi connectivity index (χ1n) is 7.94. The molecule has 0 bridgehead atoms. The molecule has 0 saturated heterocycles. The SMILES string of the molecule is CC(Oc1ccc2ccccc2c1)c1nnc(-c2cccc(Br)c2)o1. The van der Waals surface area contributed by atoms with Gasteiger partial charge >= 0.3 is 0 Å². The Morgan fingerprint density at radius 3 is 2.60 bits per heavy atom. The predicted octanol–water partition coefficient (Wildman–Crippen LogP) is 5.79. The van der Waals surface area contributed by atoms with Gasteiger partial charge in [-0.1, -0.05) is 52.3 Å². The lowest BCUT2D eigenvalue weighted by atomic mass is 10.1. The van der Waals surface area contributed by atoms with Crippen LogP contribution >= 0.6 is 15.9 Å². The molecule has 4 nitrogen and oxygen atoms in total. The van der Waals surface area contributed by atoms with E-state index in [1.54, 1.807) is 0 Å². The predicted molar refractivity (Wildman–Crippen MR) is 100 cm³/mol. The third kappa shape index (κ3) is 3.42. The van der Waals surface area contributed by atoms with Crippen molar-refractivity contribution >= 4 is 26.7 Å². The fourth-order valence-corrected chi connectivity index (χ4v) is 3.03. The van der Waals surface area contributed by atoms with Gasteiger partial charge in [0.15, 0.2) is 6.10 Å². The van der Waals surface area contributed by atoms with Crippen molar-refractivity contribution in [2.45, 2.75) is 13.0 Å². The Hall–Kier alpha value is -2.66. The van der Waals surface area contributed by atoms with Gasteiger partial charge in [-0.05, 0) is 48.0 Å². The third-order valence-electron chi connectivity index (χ3n) is 3.89. The highest BCUT2D eigenvalue weighted by molar-refractivity contribution is 9.10. The van der Waals surface area contributed by atoms with E-state index < -0.39 is 0 Å². The number of fused-ring (bicyclic) bond motifs is 1. The van der Waals surface area contributed by atoms with Crippen LogP contribution in [0.5, 0.6) is 5.75 Å². The van der Waals surface area contributed by atoms with Crippen molar-refractivity contribution in [3.63, 3.8) is 0 Å². The van der Waals surface area contributed by atoms with Crippen LogP contribution in [0.25, 0.3) is 22.2 Å². The molecule has 4 rings (SSSR count). The summed E-state index contributed by atoms with van der Waals surface area (Å²) in [6.07, 6.45) is -0.338. The summed E-state index contributed by atoms with van der Waals surface area (Å²) >= 11 is 3.44. The molecule has 0 spiro atoms. The lowest BCUT2D eigenvalue weighted by molar-refractivity contribution is 0.190. The highest BCUT2D eigenvalue weighted by Crippen LogP contribution is 2.27. The molecule has 0 aliphatic rings. The van der Waals surface area contributed by atoms with Crippen LogP contribution in [0.4, 0.5) is 0 Å². The molecule has 25 heavy (non-hydrogen) atoms. The molecule has 5 heteroatoms. The van der Waals surface area contributed by atoms with Crippen molar-refractivity contribution in [3.8, 4) is 17.2 Å². The maximum Gasteiger partial charge on any atom is 0.257 e. The largest absolute Gasteiger partial charge is 0.481 e. The molecule has 1 atom stereocenters. The molecule has 0 saturated carbocycles. The Balaban J connectivity index is 1.55. The summed E-state index contributed by atoms with van der Waals surface area (Å²) in [7, 11) is 0. The zero-order chi connectivity index (χ0) is 17.2. The van der Waals surface area contributed by atoms with Gasteiger partial charge in [0.1, 0.15) is 5.75 Å². The number of aromatic nitrogens is 2. The topological polar surface area (TPSA) is 48.2 Å². The maximum atomic E-state index is 5.98. The number of hydrogen-bond donors (Lipinski definition) is 0. The van der Waals surface area contributed by atoms with Crippen molar-refractivity contribution in [2.24, 2.45) is 0 Å². The second kappa shape index (κ2) is 6.69. The Bertz CT molecular complexity index is 1030. The van der Waals surface area contributed by atoms with Crippen LogP contribution < -0.4 is 4.74 Å². The highest BCUT2D eigenvalue weighted by atomic mass is 79.9. The smallest absolute Gasteiger partial charge is 0.257 e. The van der Waals surface area contributed by atoms with E-state index in [4.69, 9.17) is 9.15 Å². The fourth-order valence-electron chi connectivity index (χ4n) is 2.63. The number of nitrogens with zero attached hydrogens (tertiary/aromatic N) is 2. The summed E-state index contributed by atoms with van der Waals surface area (Å²) in [6.45, 7) is 1.90. The molecule has 3 aromatic carbocycles. The van der Waals surface area contributed by atoms with Gasteiger partial charge in [0, 0.05) is 10.0 Å². The zero-order valence-electron chi connectivity index (χ0n) is 13.5. The van der Waals surface area contributed by atoms with Crippen molar-refractivity contribution in [2.75, 3.05) is 0 Å². The maximum absolute atomic E-state index is 5.98. The van der Waals surface area contributed by atoms with Crippen molar-refractivity contribution in [1.82, 2.24) is 10.2 Å². The Morgan fingerprint density at radius 1 is 0.920 bits per heavy atom. The quantitative estimate of drug-likeness (QED) is 0.439. The summed E-state index contributed by atoms with van der Waals surface area (Å²) in [6, 6.07) is 21.9. The van der Waals surface area contributed by atoms with E-state index in [2.05, 4.69) is 38.3 Å². The lowest BCUT2D eigenvalue weighted by Gasteiger charge is -2.11. The van der Waals surface area contributed by atoms with E-state index in [-0.39, 0.29) is 6.10 Å². The first-order valence-corrected chi connectivity index (χ1v) is 8.73. The summed E-state index contributed by atoms with van der Waals surface area (Å²) < 4.78 is 12.7. The van der Waals surface area contributed by atoms with E-state index in [0.29, 0.717) is 11.8 Å². The fraction of sp³-hybridized carbons (Fsp3) is 0.100. The summed E-state index contributed by atoms with van der Waals surface area (Å²) in [5, 5.41) is 10.6. The van der Waals surface area contributed by atoms with Gasteiger partial charge in [0.05, 0.1) is 0 Å². The molecule has 0 amide bonds. The second-order valence-corrected chi connectivity index (χ2v) is 6.64. The molecule has 1 unspecified atom stereocenters. The van der Waals surface area contributed by atoms with Gasteiger partial charge in [-0.15, -0.1) is 10.2 Å². The monoisotopic (exact) mass is 394 g/mol. The molecule has 0 aliphatic carbocycles. The zero-order valence-corrected chi connectivity index (χ0v) is 15.1. The average Bonchev–Trinajstić information content (AvgIpc) is 3.12. The number of rotatable bonds is 4. The first-order chi connectivity index (χ1) is 12.2. The van der Waals surface area contributed by atoms with Gasteiger partial charge in [0.25, 0.3) is 5.89 Å². The number of benzene rings is 3. The number of ether oxygens (including phenoxy) is 1. The molecule has 4 aromatic rings. The van der Waals surface area contributed by atoms with Crippen molar-refractivity contribution < 1.29 is 9.15 Å². The molecule has 0 fully saturated rings. The minimum atomic E-state index is -0.338. The van der Waals surface area contributed by atoms with Crippen LogP contribution in [0, 0.1) is 0 Å². The standard InChI is InChI=1S/C20H15BrN2O2/c1-13(24-18-10-9-14-5-2-3-6-15(14)12-18)19-22-23-20(25-19)16-7-4-8-17(21)11-16/h2-13H,1H3. The minimum absolute atomic E-state index is 0.338. The van der Waals surface area contributed by atoms with E-state index in [0.717, 1.165) is 21.2 Å². The molecule has 1 aromatic heterocycles. The Kier molecular flexibility index (Phi) is 4.24.